The number of fused-ring (bicyclic) bond motifs is 3. The molecule has 0 spiro atoms. The molecule has 0 saturated heterocycles. The van der Waals surface area contributed by atoms with Gasteiger partial charge in [0.05, 0.1) is 11.9 Å². The van der Waals surface area contributed by atoms with Crippen molar-refractivity contribution in [1.29, 1.82) is 0 Å². The van der Waals surface area contributed by atoms with E-state index >= 15 is 0 Å². The lowest BCUT2D eigenvalue weighted by Gasteiger charge is -2.27. The van der Waals surface area contributed by atoms with Gasteiger partial charge in [0.1, 0.15) is 5.69 Å². The first kappa shape index (κ1) is 9.39. The predicted molar refractivity (Wildman–Crippen MR) is 60.5 cm³/mol. The molecule has 0 saturated carbocycles. The van der Waals surface area contributed by atoms with Gasteiger partial charge in [0.25, 0.3) is 5.91 Å². The summed E-state index contributed by atoms with van der Waals surface area (Å²) in [5.41, 5.74) is 4.13. The normalized spacial score (nSPS) is 17.8. The van der Waals surface area contributed by atoms with Crippen molar-refractivity contribution in [2.75, 3.05) is 18.6 Å². The van der Waals surface area contributed by atoms with Crippen LogP contribution in [-0.4, -0.2) is 24.5 Å². The lowest BCUT2D eigenvalue weighted by molar-refractivity contribution is -0.121. The Morgan fingerprint density at radius 3 is 3.12 bits per heavy atom. The van der Waals surface area contributed by atoms with Crippen molar-refractivity contribution in [2.45, 2.75) is 13.3 Å². The maximum Gasteiger partial charge on any atom is 0.264 e. The van der Waals surface area contributed by atoms with Gasteiger partial charge in [-0.1, -0.05) is 5.57 Å². The fourth-order valence-electron chi connectivity index (χ4n) is 2.16. The summed E-state index contributed by atoms with van der Waals surface area (Å²) >= 11 is 0. The molecular formula is C12H12N2O2. The quantitative estimate of drug-likeness (QED) is 0.658. The Hall–Kier alpha value is -1.84. The van der Waals surface area contributed by atoms with Crippen LogP contribution in [0.3, 0.4) is 0 Å². The zero-order chi connectivity index (χ0) is 11.3. The number of amides is 1. The van der Waals surface area contributed by atoms with Crippen molar-refractivity contribution in [3.63, 3.8) is 0 Å². The molecule has 0 bridgehead atoms. The fourth-order valence-corrected chi connectivity index (χ4v) is 2.16. The molecule has 0 radical (unpaired) electrons. The second-order valence-electron chi connectivity index (χ2n) is 4.25. The van der Waals surface area contributed by atoms with Gasteiger partial charge in [-0.15, -0.1) is 0 Å². The van der Waals surface area contributed by atoms with Crippen LogP contribution in [0, 0.1) is 0 Å². The van der Waals surface area contributed by atoms with Crippen molar-refractivity contribution in [3.8, 4) is 5.75 Å². The molecule has 1 aliphatic heterocycles. The standard InChI is InChI=1S/C12H12N2O2/c1-7-3-8-9(4-7)13-5-10-12(8)16-6-11(15)14(10)2/h4-5H,3,6H2,1-2H3. The SMILES string of the molecule is CC1=Cc2ncc3c(c2C1)OCC(=O)N3C. The third-order valence-corrected chi connectivity index (χ3v) is 3.06. The first-order chi connectivity index (χ1) is 7.66. The number of hydrogen-bond donors (Lipinski definition) is 0. The van der Waals surface area contributed by atoms with Gasteiger partial charge < -0.3 is 9.64 Å². The van der Waals surface area contributed by atoms with Crippen molar-refractivity contribution in [3.05, 3.63) is 23.0 Å². The smallest absolute Gasteiger partial charge is 0.264 e. The summed E-state index contributed by atoms with van der Waals surface area (Å²) in [5, 5.41) is 0. The van der Waals surface area contributed by atoms with Crippen molar-refractivity contribution in [1.82, 2.24) is 4.98 Å². The summed E-state index contributed by atoms with van der Waals surface area (Å²) in [5.74, 6) is 0.789. The number of ether oxygens (including phenoxy) is 1. The number of likely N-dealkylation sites (N-methyl/N-ethyl adjacent to an activating group) is 1. The Kier molecular flexibility index (Phi) is 1.80. The van der Waals surface area contributed by atoms with Crippen LogP contribution < -0.4 is 9.64 Å². The van der Waals surface area contributed by atoms with E-state index < -0.39 is 0 Å². The van der Waals surface area contributed by atoms with Crippen LogP contribution in [0.2, 0.25) is 0 Å². The highest BCUT2D eigenvalue weighted by atomic mass is 16.5. The molecule has 3 rings (SSSR count). The Morgan fingerprint density at radius 2 is 2.31 bits per heavy atom. The molecule has 4 nitrogen and oxygen atoms in total. The average molecular weight is 216 g/mol. The minimum atomic E-state index is -0.0306. The Labute approximate surface area is 93.5 Å². The molecule has 1 aromatic heterocycles. The van der Waals surface area contributed by atoms with E-state index in [-0.39, 0.29) is 12.5 Å². The van der Waals surface area contributed by atoms with Gasteiger partial charge in [0, 0.05) is 12.6 Å². The number of carbonyl (C=O) groups excluding carboxylic acids is 1. The topological polar surface area (TPSA) is 42.4 Å². The molecule has 0 fully saturated rings. The van der Waals surface area contributed by atoms with Crippen LogP contribution in [0.25, 0.3) is 6.08 Å². The van der Waals surface area contributed by atoms with Gasteiger partial charge in [0.2, 0.25) is 0 Å². The van der Waals surface area contributed by atoms with Crippen LogP contribution in [0.15, 0.2) is 11.8 Å². The molecule has 4 heteroatoms. The lowest BCUT2D eigenvalue weighted by atomic mass is 10.1. The molecule has 2 aliphatic rings. The molecule has 0 unspecified atom stereocenters. The largest absolute Gasteiger partial charge is 0.481 e. The minimum absolute atomic E-state index is 0.0306. The fraction of sp³-hybridized carbons (Fsp3) is 0.333. The van der Waals surface area contributed by atoms with Gasteiger partial charge in [-0.05, 0) is 19.4 Å². The second kappa shape index (κ2) is 3.07. The van der Waals surface area contributed by atoms with Gasteiger partial charge in [-0.2, -0.15) is 0 Å². The van der Waals surface area contributed by atoms with Gasteiger partial charge in [0.15, 0.2) is 12.4 Å². The van der Waals surface area contributed by atoms with Crippen LogP contribution >= 0.6 is 0 Å². The van der Waals surface area contributed by atoms with E-state index in [1.54, 1.807) is 18.1 Å². The Bertz CT molecular complexity index is 520. The molecule has 1 amide bonds. The van der Waals surface area contributed by atoms with E-state index in [0.29, 0.717) is 0 Å². The number of allylic oxidation sites excluding steroid dienone is 1. The highest BCUT2D eigenvalue weighted by Gasteiger charge is 2.28. The zero-order valence-corrected chi connectivity index (χ0v) is 9.28. The molecule has 0 atom stereocenters. The van der Waals surface area contributed by atoms with E-state index in [0.717, 1.165) is 29.1 Å². The maximum atomic E-state index is 11.5. The highest BCUT2D eigenvalue weighted by molar-refractivity contribution is 5.97. The lowest BCUT2D eigenvalue weighted by Crippen LogP contribution is -2.36. The predicted octanol–water partition coefficient (Wildman–Crippen LogP) is 1.40. The Morgan fingerprint density at radius 1 is 1.50 bits per heavy atom. The molecule has 1 aromatic rings. The average Bonchev–Trinajstić information content (AvgIpc) is 2.63. The van der Waals surface area contributed by atoms with Gasteiger partial charge in [-0.25, -0.2) is 0 Å². The molecule has 0 N–H and O–H groups in total. The number of nitrogens with zero attached hydrogens (tertiary/aromatic N) is 2. The second-order valence-corrected chi connectivity index (χ2v) is 4.25. The van der Waals surface area contributed by atoms with Crippen LogP contribution in [0.4, 0.5) is 5.69 Å². The molecule has 0 aromatic carbocycles. The molecule has 1 aliphatic carbocycles. The summed E-state index contributed by atoms with van der Waals surface area (Å²) in [6, 6.07) is 0. The summed E-state index contributed by atoms with van der Waals surface area (Å²) in [6.07, 6.45) is 4.64. The zero-order valence-electron chi connectivity index (χ0n) is 9.28. The number of pyridine rings is 1. The summed E-state index contributed by atoms with van der Waals surface area (Å²) in [4.78, 5) is 17.4. The van der Waals surface area contributed by atoms with E-state index in [1.165, 1.54) is 5.57 Å². The number of aromatic nitrogens is 1. The minimum Gasteiger partial charge on any atom is -0.481 e. The maximum absolute atomic E-state index is 11.5. The van der Waals surface area contributed by atoms with E-state index in [1.807, 2.05) is 0 Å². The third kappa shape index (κ3) is 1.16. The van der Waals surface area contributed by atoms with Crippen molar-refractivity contribution < 1.29 is 9.53 Å². The summed E-state index contributed by atoms with van der Waals surface area (Å²) in [7, 11) is 1.76. The molecule has 82 valence electrons. The van der Waals surface area contributed by atoms with Crippen LogP contribution in [-0.2, 0) is 11.2 Å². The van der Waals surface area contributed by atoms with Crippen molar-refractivity contribution >= 4 is 17.7 Å². The molecule has 16 heavy (non-hydrogen) atoms. The van der Waals surface area contributed by atoms with Crippen LogP contribution in [0.1, 0.15) is 18.2 Å². The number of carbonyl (C=O) groups is 1. The first-order valence-corrected chi connectivity index (χ1v) is 5.25. The van der Waals surface area contributed by atoms with E-state index in [9.17, 15) is 4.79 Å². The number of rotatable bonds is 0. The first-order valence-electron chi connectivity index (χ1n) is 5.25. The summed E-state index contributed by atoms with van der Waals surface area (Å²) < 4.78 is 5.53. The van der Waals surface area contributed by atoms with Crippen molar-refractivity contribution in [2.24, 2.45) is 0 Å². The highest BCUT2D eigenvalue weighted by Crippen LogP contribution is 2.39. The van der Waals surface area contributed by atoms with Gasteiger partial charge >= 0.3 is 0 Å². The number of anilines is 1. The van der Waals surface area contributed by atoms with Gasteiger partial charge in [-0.3, -0.25) is 9.78 Å². The monoisotopic (exact) mass is 216 g/mol. The molecular weight excluding hydrogens is 204 g/mol. The van der Waals surface area contributed by atoms with E-state index in [2.05, 4.69) is 18.0 Å². The number of hydrogen-bond acceptors (Lipinski definition) is 3. The third-order valence-electron chi connectivity index (χ3n) is 3.06. The van der Waals surface area contributed by atoms with Crippen LogP contribution in [0.5, 0.6) is 5.75 Å². The van der Waals surface area contributed by atoms with E-state index in [4.69, 9.17) is 4.74 Å². The summed E-state index contributed by atoms with van der Waals surface area (Å²) in [6.45, 7) is 2.20. The Balaban J connectivity index is 2.16. The molecule has 2 heterocycles.